The lowest BCUT2D eigenvalue weighted by Crippen LogP contribution is -2.39. The standard InChI is InChI=1S/C21H24ClN3O2/c1-4-24-17-7-5-6-8-18(17)25(20(24)27)13-19(26)23-14-21(2,3)15-9-11-16(22)12-10-15/h5-12H,4,13-14H2,1-3H3,(H,23,26). The van der Waals surface area contributed by atoms with Gasteiger partial charge in [-0.1, -0.05) is 49.7 Å². The van der Waals surface area contributed by atoms with Crippen LogP contribution in [0.2, 0.25) is 5.02 Å². The highest BCUT2D eigenvalue weighted by molar-refractivity contribution is 6.30. The van der Waals surface area contributed by atoms with Gasteiger partial charge in [-0.2, -0.15) is 0 Å². The van der Waals surface area contributed by atoms with Crippen molar-refractivity contribution in [1.82, 2.24) is 14.5 Å². The molecule has 5 nitrogen and oxygen atoms in total. The van der Waals surface area contributed by atoms with Gasteiger partial charge < -0.3 is 5.32 Å². The number of aryl methyl sites for hydroxylation is 1. The van der Waals surface area contributed by atoms with E-state index in [1.54, 1.807) is 4.57 Å². The van der Waals surface area contributed by atoms with Gasteiger partial charge in [0.1, 0.15) is 6.54 Å². The summed E-state index contributed by atoms with van der Waals surface area (Å²) in [5.74, 6) is -0.182. The van der Waals surface area contributed by atoms with Gasteiger partial charge in [0.05, 0.1) is 11.0 Å². The van der Waals surface area contributed by atoms with Crippen LogP contribution in [-0.4, -0.2) is 21.6 Å². The summed E-state index contributed by atoms with van der Waals surface area (Å²) in [6.45, 7) is 7.08. The molecule has 0 aliphatic rings. The highest BCUT2D eigenvalue weighted by Gasteiger charge is 2.22. The van der Waals surface area contributed by atoms with E-state index >= 15 is 0 Å². The largest absolute Gasteiger partial charge is 0.354 e. The molecule has 0 saturated heterocycles. The van der Waals surface area contributed by atoms with Crippen molar-refractivity contribution in [3.8, 4) is 0 Å². The Morgan fingerprint density at radius 1 is 1.04 bits per heavy atom. The van der Waals surface area contributed by atoms with E-state index in [-0.39, 0.29) is 23.6 Å². The Labute approximate surface area is 163 Å². The zero-order valence-corrected chi connectivity index (χ0v) is 16.6. The zero-order chi connectivity index (χ0) is 19.6. The van der Waals surface area contributed by atoms with Crippen molar-refractivity contribution in [2.24, 2.45) is 0 Å². The first-order chi connectivity index (χ1) is 12.8. The van der Waals surface area contributed by atoms with E-state index in [2.05, 4.69) is 19.2 Å². The van der Waals surface area contributed by atoms with Gasteiger partial charge >= 0.3 is 5.69 Å². The van der Waals surface area contributed by atoms with Gasteiger partial charge in [0.15, 0.2) is 0 Å². The molecule has 0 atom stereocenters. The van der Waals surface area contributed by atoms with Crippen molar-refractivity contribution < 1.29 is 4.79 Å². The molecule has 0 saturated carbocycles. The summed E-state index contributed by atoms with van der Waals surface area (Å²) in [7, 11) is 0. The molecular formula is C21H24ClN3O2. The van der Waals surface area contributed by atoms with Gasteiger partial charge in [0.2, 0.25) is 5.91 Å². The average Bonchev–Trinajstić information content (AvgIpc) is 2.92. The molecule has 6 heteroatoms. The molecule has 0 fully saturated rings. The van der Waals surface area contributed by atoms with E-state index in [9.17, 15) is 9.59 Å². The number of nitrogens with one attached hydrogen (secondary N) is 1. The number of carbonyl (C=O) groups is 1. The molecule has 0 unspecified atom stereocenters. The fourth-order valence-corrected chi connectivity index (χ4v) is 3.38. The van der Waals surface area contributed by atoms with Gasteiger partial charge in [-0.15, -0.1) is 0 Å². The minimum atomic E-state index is -0.247. The third-order valence-corrected chi connectivity index (χ3v) is 5.15. The lowest BCUT2D eigenvalue weighted by Gasteiger charge is -2.25. The summed E-state index contributed by atoms with van der Waals surface area (Å²) in [6, 6.07) is 15.2. The number of halogens is 1. The Morgan fingerprint density at radius 2 is 1.63 bits per heavy atom. The molecule has 3 aromatic rings. The zero-order valence-electron chi connectivity index (χ0n) is 15.8. The molecule has 0 aliphatic carbocycles. The van der Waals surface area contributed by atoms with E-state index in [1.165, 1.54) is 4.57 Å². The summed E-state index contributed by atoms with van der Waals surface area (Å²) >= 11 is 5.95. The maximum Gasteiger partial charge on any atom is 0.329 e. The second-order valence-electron chi connectivity index (χ2n) is 7.27. The van der Waals surface area contributed by atoms with Crippen LogP contribution in [-0.2, 0) is 23.3 Å². The molecule has 1 amide bonds. The molecule has 142 valence electrons. The van der Waals surface area contributed by atoms with Crippen LogP contribution in [0.25, 0.3) is 11.0 Å². The molecule has 0 bridgehead atoms. The van der Waals surface area contributed by atoms with Gasteiger partial charge in [-0.3, -0.25) is 13.9 Å². The highest BCUT2D eigenvalue weighted by atomic mass is 35.5. The maximum absolute atomic E-state index is 12.6. The normalized spacial score (nSPS) is 11.7. The topological polar surface area (TPSA) is 56.0 Å². The molecule has 0 aliphatic heterocycles. The molecule has 1 aromatic heterocycles. The van der Waals surface area contributed by atoms with Crippen LogP contribution in [0.3, 0.4) is 0 Å². The minimum Gasteiger partial charge on any atom is -0.354 e. The Kier molecular flexibility index (Phi) is 5.42. The maximum atomic E-state index is 12.6. The van der Waals surface area contributed by atoms with E-state index < -0.39 is 0 Å². The number of para-hydroxylation sites is 2. The Morgan fingerprint density at radius 3 is 2.22 bits per heavy atom. The lowest BCUT2D eigenvalue weighted by molar-refractivity contribution is -0.121. The van der Waals surface area contributed by atoms with Crippen molar-refractivity contribution in [3.05, 3.63) is 69.6 Å². The fraction of sp³-hybridized carbons (Fsp3) is 0.333. The van der Waals surface area contributed by atoms with Gasteiger partial charge in [-0.05, 0) is 36.8 Å². The molecule has 3 rings (SSSR count). The van der Waals surface area contributed by atoms with Crippen LogP contribution in [0.1, 0.15) is 26.3 Å². The number of nitrogens with zero attached hydrogens (tertiary/aromatic N) is 2. The Bertz CT molecular complexity index is 1020. The second kappa shape index (κ2) is 7.61. The summed E-state index contributed by atoms with van der Waals surface area (Å²) < 4.78 is 3.21. The van der Waals surface area contributed by atoms with Crippen LogP contribution in [0, 0.1) is 0 Å². The predicted molar refractivity (Wildman–Crippen MR) is 109 cm³/mol. The van der Waals surface area contributed by atoms with Crippen LogP contribution >= 0.6 is 11.6 Å². The van der Waals surface area contributed by atoms with Crippen LogP contribution in [0.4, 0.5) is 0 Å². The number of rotatable bonds is 6. The molecule has 1 heterocycles. The summed E-state index contributed by atoms with van der Waals surface area (Å²) in [4.78, 5) is 25.2. The molecule has 0 spiro atoms. The number of fused-ring (bicyclic) bond motifs is 1. The average molecular weight is 386 g/mol. The smallest absolute Gasteiger partial charge is 0.329 e. The molecular weight excluding hydrogens is 362 g/mol. The number of hydrogen-bond acceptors (Lipinski definition) is 2. The number of carbonyl (C=O) groups excluding carboxylic acids is 1. The Balaban J connectivity index is 1.75. The number of benzene rings is 2. The SMILES string of the molecule is CCn1c(=O)n(CC(=O)NCC(C)(C)c2ccc(Cl)cc2)c2ccccc21. The number of imidazole rings is 1. The van der Waals surface area contributed by atoms with Gasteiger partial charge in [0, 0.05) is 23.5 Å². The van der Waals surface area contributed by atoms with E-state index in [1.807, 2.05) is 55.5 Å². The quantitative estimate of drug-likeness (QED) is 0.705. The fourth-order valence-electron chi connectivity index (χ4n) is 3.25. The molecule has 27 heavy (non-hydrogen) atoms. The van der Waals surface area contributed by atoms with Crippen LogP contribution < -0.4 is 11.0 Å². The van der Waals surface area contributed by atoms with Crippen molar-refractivity contribution in [2.75, 3.05) is 6.54 Å². The second-order valence-corrected chi connectivity index (χ2v) is 7.71. The third kappa shape index (κ3) is 3.93. The summed E-state index contributed by atoms with van der Waals surface area (Å²) in [6.07, 6.45) is 0. The van der Waals surface area contributed by atoms with Crippen molar-refractivity contribution >= 4 is 28.5 Å². The number of amides is 1. The monoisotopic (exact) mass is 385 g/mol. The first-order valence-corrected chi connectivity index (χ1v) is 9.42. The van der Waals surface area contributed by atoms with Crippen LogP contribution in [0.5, 0.6) is 0 Å². The lowest BCUT2D eigenvalue weighted by atomic mass is 9.84. The first-order valence-electron chi connectivity index (χ1n) is 9.04. The number of aromatic nitrogens is 2. The first kappa shape index (κ1) is 19.2. The van der Waals surface area contributed by atoms with Crippen molar-refractivity contribution in [3.63, 3.8) is 0 Å². The molecule has 2 aromatic carbocycles. The summed E-state index contributed by atoms with van der Waals surface area (Å²) in [5, 5.41) is 3.65. The molecule has 1 N–H and O–H groups in total. The molecule has 0 radical (unpaired) electrons. The predicted octanol–water partition coefficient (Wildman–Crippen LogP) is 3.57. The third-order valence-electron chi connectivity index (χ3n) is 4.90. The Hall–Kier alpha value is -2.53. The number of hydrogen-bond donors (Lipinski definition) is 1. The minimum absolute atomic E-state index is 0.00302. The van der Waals surface area contributed by atoms with E-state index in [4.69, 9.17) is 11.6 Å². The van der Waals surface area contributed by atoms with Crippen molar-refractivity contribution in [2.45, 2.75) is 39.3 Å². The van der Waals surface area contributed by atoms with E-state index in [0.29, 0.717) is 18.1 Å². The summed E-state index contributed by atoms with van der Waals surface area (Å²) in [5.41, 5.74) is 2.30. The van der Waals surface area contributed by atoms with Crippen LogP contribution in [0.15, 0.2) is 53.3 Å². The van der Waals surface area contributed by atoms with Gasteiger partial charge in [-0.25, -0.2) is 4.79 Å². The van der Waals surface area contributed by atoms with Gasteiger partial charge in [0.25, 0.3) is 0 Å². The van der Waals surface area contributed by atoms with E-state index in [0.717, 1.165) is 16.6 Å². The van der Waals surface area contributed by atoms with Crippen molar-refractivity contribution in [1.29, 1.82) is 0 Å². The highest BCUT2D eigenvalue weighted by Crippen LogP contribution is 2.23.